The number of hydrogen-bond donors (Lipinski definition) is 2. The van der Waals surface area contributed by atoms with E-state index in [0.29, 0.717) is 24.2 Å². The second-order valence-electron chi connectivity index (χ2n) is 3.42. The van der Waals surface area contributed by atoms with E-state index in [9.17, 15) is 9.90 Å². The average molecular weight is 249 g/mol. The number of carbonyl (C=O) groups is 1. The molecule has 0 unspecified atom stereocenters. The minimum absolute atomic E-state index is 0.334. The smallest absolute Gasteiger partial charge is 0.338 e. The fourth-order valence-corrected chi connectivity index (χ4v) is 2.10. The summed E-state index contributed by atoms with van der Waals surface area (Å²) in [5.41, 5.74) is 0.988. The number of rotatable bonds is 6. The molecule has 0 radical (unpaired) electrons. The molecule has 0 aliphatic heterocycles. The van der Waals surface area contributed by atoms with E-state index in [1.807, 2.05) is 12.3 Å². The molecule has 0 saturated heterocycles. The van der Waals surface area contributed by atoms with Gasteiger partial charge in [0, 0.05) is 23.5 Å². The van der Waals surface area contributed by atoms with Gasteiger partial charge in [-0.1, -0.05) is 6.07 Å². The van der Waals surface area contributed by atoms with Crippen LogP contribution < -0.4 is 5.32 Å². The summed E-state index contributed by atoms with van der Waals surface area (Å²) in [6.07, 6.45) is 8.55. The van der Waals surface area contributed by atoms with Crippen LogP contribution in [-0.2, 0) is 0 Å². The molecule has 0 heterocycles. The van der Waals surface area contributed by atoms with E-state index < -0.39 is 5.97 Å². The number of anilines is 1. The predicted molar refractivity (Wildman–Crippen MR) is 71.7 cm³/mol. The van der Waals surface area contributed by atoms with Crippen molar-refractivity contribution in [3.63, 3.8) is 0 Å². The molecule has 0 bridgehead atoms. The number of aromatic carboxylic acids is 1. The monoisotopic (exact) mass is 249 g/mol. The van der Waals surface area contributed by atoms with Gasteiger partial charge < -0.3 is 10.4 Å². The van der Waals surface area contributed by atoms with Gasteiger partial charge in [0.15, 0.2) is 0 Å². The van der Waals surface area contributed by atoms with Crippen molar-refractivity contribution >= 4 is 23.4 Å². The van der Waals surface area contributed by atoms with Gasteiger partial charge >= 0.3 is 5.97 Å². The Labute approximate surface area is 106 Å². The standard InChI is InChI=1S/C13H15NO2S/c1-3-4-5-9-14-10-7-6-8-11(17-2)12(10)13(15)16/h1,6-8,14H,4-5,9H2,2H3,(H,15,16). The van der Waals surface area contributed by atoms with Crippen LogP contribution in [0.2, 0.25) is 0 Å². The SMILES string of the molecule is C#CCCCNc1cccc(SC)c1C(=O)O. The molecule has 0 aliphatic rings. The molecule has 0 aliphatic carbocycles. The quantitative estimate of drug-likeness (QED) is 0.462. The first-order valence-electron chi connectivity index (χ1n) is 5.28. The Bertz CT molecular complexity index is 438. The number of carboxylic acids is 1. The molecular formula is C13H15NO2S. The molecule has 2 N–H and O–H groups in total. The first kappa shape index (κ1) is 13.5. The van der Waals surface area contributed by atoms with E-state index in [1.165, 1.54) is 11.8 Å². The zero-order chi connectivity index (χ0) is 12.7. The zero-order valence-corrected chi connectivity index (χ0v) is 10.5. The fourth-order valence-electron chi connectivity index (χ4n) is 1.48. The van der Waals surface area contributed by atoms with Crippen molar-refractivity contribution < 1.29 is 9.90 Å². The fraction of sp³-hybridized carbons (Fsp3) is 0.308. The van der Waals surface area contributed by atoms with Gasteiger partial charge in [-0.25, -0.2) is 4.79 Å². The first-order chi connectivity index (χ1) is 8.20. The maximum atomic E-state index is 11.2. The molecule has 0 aromatic heterocycles. The molecule has 0 spiro atoms. The van der Waals surface area contributed by atoms with Gasteiger partial charge in [0.1, 0.15) is 0 Å². The second kappa shape index (κ2) is 6.87. The number of carboxylic acid groups (broad SMARTS) is 1. The summed E-state index contributed by atoms with van der Waals surface area (Å²) in [7, 11) is 0. The lowest BCUT2D eigenvalue weighted by Crippen LogP contribution is -2.08. The molecule has 0 atom stereocenters. The summed E-state index contributed by atoms with van der Waals surface area (Å²) in [5, 5.41) is 12.3. The number of benzene rings is 1. The molecule has 3 nitrogen and oxygen atoms in total. The van der Waals surface area contributed by atoms with Crippen LogP contribution in [0.5, 0.6) is 0 Å². The third-order valence-corrected chi connectivity index (χ3v) is 3.05. The van der Waals surface area contributed by atoms with E-state index >= 15 is 0 Å². The highest BCUT2D eigenvalue weighted by molar-refractivity contribution is 7.98. The van der Waals surface area contributed by atoms with Gasteiger partial charge in [0.05, 0.1) is 5.56 Å². The molecule has 17 heavy (non-hydrogen) atoms. The number of thioether (sulfide) groups is 1. The van der Waals surface area contributed by atoms with E-state index in [4.69, 9.17) is 6.42 Å². The van der Waals surface area contributed by atoms with E-state index in [-0.39, 0.29) is 0 Å². The van der Waals surface area contributed by atoms with Crippen LogP contribution in [0.3, 0.4) is 0 Å². The normalized spacial score (nSPS) is 9.65. The Kier molecular flexibility index (Phi) is 5.44. The summed E-state index contributed by atoms with van der Waals surface area (Å²) in [5.74, 6) is 1.65. The Morgan fingerprint density at radius 1 is 1.59 bits per heavy atom. The van der Waals surface area contributed by atoms with Crippen LogP contribution in [0.25, 0.3) is 0 Å². The Morgan fingerprint density at radius 2 is 2.35 bits per heavy atom. The average Bonchev–Trinajstić information content (AvgIpc) is 2.33. The number of terminal acetylenes is 1. The lowest BCUT2D eigenvalue weighted by atomic mass is 10.1. The lowest BCUT2D eigenvalue weighted by molar-refractivity contribution is 0.0694. The highest BCUT2D eigenvalue weighted by Crippen LogP contribution is 2.27. The molecular weight excluding hydrogens is 234 g/mol. The van der Waals surface area contributed by atoms with Crippen LogP contribution in [-0.4, -0.2) is 23.9 Å². The van der Waals surface area contributed by atoms with Gasteiger partial charge in [-0.05, 0) is 24.8 Å². The summed E-state index contributed by atoms with van der Waals surface area (Å²) in [6.45, 7) is 0.683. The molecule has 1 aromatic carbocycles. The molecule has 0 amide bonds. The highest BCUT2D eigenvalue weighted by Gasteiger charge is 2.14. The van der Waals surface area contributed by atoms with Gasteiger partial charge in [0.25, 0.3) is 0 Å². The van der Waals surface area contributed by atoms with Crippen LogP contribution in [0.4, 0.5) is 5.69 Å². The number of unbranched alkanes of at least 4 members (excludes halogenated alkanes) is 1. The van der Waals surface area contributed by atoms with Crippen molar-refractivity contribution in [2.45, 2.75) is 17.7 Å². The molecule has 1 rings (SSSR count). The third-order valence-electron chi connectivity index (χ3n) is 2.27. The van der Waals surface area contributed by atoms with Crippen molar-refractivity contribution in [3.8, 4) is 12.3 Å². The summed E-state index contributed by atoms with van der Waals surface area (Å²) in [6, 6.07) is 5.43. The summed E-state index contributed by atoms with van der Waals surface area (Å²) < 4.78 is 0. The van der Waals surface area contributed by atoms with Gasteiger partial charge in [0.2, 0.25) is 0 Å². The van der Waals surface area contributed by atoms with Crippen LogP contribution in [0.15, 0.2) is 23.1 Å². The van der Waals surface area contributed by atoms with Crippen molar-refractivity contribution in [2.75, 3.05) is 18.1 Å². The van der Waals surface area contributed by atoms with Gasteiger partial charge in [-0.3, -0.25) is 0 Å². The topological polar surface area (TPSA) is 49.3 Å². The van der Waals surface area contributed by atoms with Crippen molar-refractivity contribution in [1.82, 2.24) is 0 Å². The minimum atomic E-state index is -0.908. The molecule has 0 fully saturated rings. The first-order valence-corrected chi connectivity index (χ1v) is 6.50. The maximum Gasteiger partial charge on any atom is 0.338 e. The zero-order valence-electron chi connectivity index (χ0n) is 9.69. The largest absolute Gasteiger partial charge is 0.478 e. The Balaban J connectivity index is 2.84. The third kappa shape index (κ3) is 3.72. The van der Waals surface area contributed by atoms with E-state index in [2.05, 4.69) is 11.2 Å². The van der Waals surface area contributed by atoms with Crippen molar-refractivity contribution in [2.24, 2.45) is 0 Å². The number of nitrogens with one attached hydrogen (secondary N) is 1. The molecule has 90 valence electrons. The molecule has 1 aromatic rings. The van der Waals surface area contributed by atoms with Gasteiger partial charge in [-0.15, -0.1) is 24.1 Å². The molecule has 4 heteroatoms. The van der Waals surface area contributed by atoms with E-state index in [0.717, 1.165) is 11.3 Å². The molecule has 0 saturated carbocycles. The van der Waals surface area contributed by atoms with Crippen molar-refractivity contribution in [3.05, 3.63) is 23.8 Å². The highest BCUT2D eigenvalue weighted by atomic mass is 32.2. The van der Waals surface area contributed by atoms with Crippen LogP contribution in [0.1, 0.15) is 23.2 Å². The Hall–Kier alpha value is -1.60. The predicted octanol–water partition coefficient (Wildman–Crippen LogP) is 2.93. The lowest BCUT2D eigenvalue weighted by Gasteiger charge is -2.11. The van der Waals surface area contributed by atoms with Gasteiger partial charge in [-0.2, -0.15) is 0 Å². The number of hydrogen-bond acceptors (Lipinski definition) is 3. The van der Waals surface area contributed by atoms with Crippen LogP contribution >= 0.6 is 11.8 Å². The minimum Gasteiger partial charge on any atom is -0.478 e. The van der Waals surface area contributed by atoms with E-state index in [1.54, 1.807) is 12.1 Å². The Morgan fingerprint density at radius 3 is 2.94 bits per heavy atom. The summed E-state index contributed by atoms with van der Waals surface area (Å²) in [4.78, 5) is 12.0. The van der Waals surface area contributed by atoms with Crippen molar-refractivity contribution in [1.29, 1.82) is 0 Å². The summed E-state index contributed by atoms with van der Waals surface area (Å²) >= 11 is 1.43. The maximum absolute atomic E-state index is 11.2. The van der Waals surface area contributed by atoms with Crippen LogP contribution in [0, 0.1) is 12.3 Å². The second-order valence-corrected chi connectivity index (χ2v) is 4.27.